The lowest BCUT2D eigenvalue weighted by Gasteiger charge is -2.56. The zero-order valence-electron chi connectivity index (χ0n) is 18.6. The van der Waals surface area contributed by atoms with Crippen LogP contribution in [0.4, 0.5) is 0 Å². The molecular formula is C25H33N3O2. The first kappa shape index (κ1) is 19.9. The van der Waals surface area contributed by atoms with Crippen molar-refractivity contribution in [2.45, 2.75) is 64.4 Å². The topological polar surface area (TPSA) is 55.3 Å². The number of carbonyl (C=O) groups excluding carboxylic acids is 1. The van der Waals surface area contributed by atoms with Crippen molar-refractivity contribution in [1.29, 1.82) is 0 Å². The van der Waals surface area contributed by atoms with Crippen LogP contribution in [0.3, 0.4) is 0 Å². The van der Waals surface area contributed by atoms with Crippen LogP contribution in [0.5, 0.6) is 0 Å². The molecule has 1 amide bonds. The molecule has 5 rings (SSSR count). The van der Waals surface area contributed by atoms with E-state index in [1.165, 1.54) is 11.1 Å². The van der Waals surface area contributed by atoms with Gasteiger partial charge in [0.15, 0.2) is 0 Å². The molecule has 2 aromatic rings. The molecule has 2 fully saturated rings. The molecule has 1 saturated heterocycles. The molecule has 1 saturated carbocycles. The number of carbonyl (C=O) groups is 1. The minimum Gasteiger partial charge on any atom is -0.381 e. The lowest BCUT2D eigenvalue weighted by Crippen LogP contribution is -2.56. The summed E-state index contributed by atoms with van der Waals surface area (Å²) in [6.07, 6.45) is 7.78. The Morgan fingerprint density at radius 2 is 1.67 bits per heavy atom. The zero-order valence-corrected chi connectivity index (χ0v) is 18.6. The highest BCUT2D eigenvalue weighted by Crippen LogP contribution is 2.57. The second-order valence-electron chi connectivity index (χ2n) is 10.2. The highest BCUT2D eigenvalue weighted by molar-refractivity contribution is 5.80. The fourth-order valence-corrected chi connectivity index (χ4v) is 6.50. The highest BCUT2D eigenvalue weighted by atomic mass is 16.5. The smallest absolute Gasteiger partial charge is 0.225 e. The van der Waals surface area contributed by atoms with Gasteiger partial charge in [-0.05, 0) is 66.2 Å². The van der Waals surface area contributed by atoms with Crippen molar-refractivity contribution in [1.82, 2.24) is 14.9 Å². The van der Waals surface area contributed by atoms with Gasteiger partial charge in [-0.25, -0.2) is 0 Å². The summed E-state index contributed by atoms with van der Waals surface area (Å²) in [6, 6.07) is 4.50. The number of aromatic nitrogens is 2. The van der Waals surface area contributed by atoms with Crippen LogP contribution < -0.4 is 0 Å². The first-order chi connectivity index (χ1) is 14.4. The number of hydrogen-bond acceptors (Lipinski definition) is 4. The molecule has 1 aromatic heterocycles. The number of piperidine rings is 1. The number of hydrogen-bond donors (Lipinski definition) is 0. The van der Waals surface area contributed by atoms with E-state index >= 15 is 0 Å². The van der Waals surface area contributed by atoms with E-state index in [4.69, 9.17) is 4.74 Å². The van der Waals surface area contributed by atoms with Crippen LogP contribution >= 0.6 is 0 Å². The third-order valence-corrected chi connectivity index (χ3v) is 8.49. The summed E-state index contributed by atoms with van der Waals surface area (Å²) < 4.78 is 5.50. The van der Waals surface area contributed by atoms with Crippen molar-refractivity contribution in [3.63, 3.8) is 0 Å². The summed E-state index contributed by atoms with van der Waals surface area (Å²) in [5.41, 5.74) is 4.87. The third kappa shape index (κ3) is 3.05. The Hall–Kier alpha value is -2.01. The van der Waals surface area contributed by atoms with Crippen molar-refractivity contribution in [3.8, 4) is 0 Å². The second kappa shape index (κ2) is 7.30. The Kier molecular flexibility index (Phi) is 4.85. The van der Waals surface area contributed by atoms with Crippen LogP contribution in [0.25, 0.3) is 11.0 Å². The molecular weight excluding hydrogens is 374 g/mol. The fourth-order valence-electron chi connectivity index (χ4n) is 6.50. The molecule has 1 aliphatic heterocycles. The minimum atomic E-state index is 0.160. The highest BCUT2D eigenvalue weighted by Gasteiger charge is 2.52. The maximum atomic E-state index is 13.5. The molecule has 160 valence electrons. The molecule has 2 bridgehead atoms. The van der Waals surface area contributed by atoms with E-state index < -0.39 is 0 Å². The van der Waals surface area contributed by atoms with E-state index in [-0.39, 0.29) is 11.3 Å². The van der Waals surface area contributed by atoms with Gasteiger partial charge in [-0.3, -0.25) is 14.8 Å². The van der Waals surface area contributed by atoms with Crippen molar-refractivity contribution in [2.75, 3.05) is 20.2 Å². The molecule has 3 aliphatic rings. The van der Waals surface area contributed by atoms with Crippen LogP contribution in [0.15, 0.2) is 24.5 Å². The molecule has 1 aromatic carbocycles. The standard InChI is InChI=1S/C25H33N3O2/c1-15-18-11-22-23(27-10-9-26-22)12-19(18)21-14-28(13-20(15)25(21,2)3)24(29)16-5-7-17(30-4)8-6-16/h9-12,15-17,20-21H,5-8,13-14H2,1-4H3. The van der Waals surface area contributed by atoms with Gasteiger partial charge in [0.05, 0.1) is 17.1 Å². The number of nitrogens with zero attached hydrogens (tertiary/aromatic N) is 3. The third-order valence-electron chi connectivity index (χ3n) is 8.49. The van der Waals surface area contributed by atoms with Crippen LogP contribution in [-0.2, 0) is 9.53 Å². The minimum absolute atomic E-state index is 0.160. The number of amides is 1. The Balaban J connectivity index is 1.47. The number of rotatable bonds is 2. The SMILES string of the molecule is COC1CCC(C(=O)N2CC3c4cc5nccnc5cc4C(C)C(C2)C3(C)C)CC1. The molecule has 0 spiro atoms. The van der Waals surface area contributed by atoms with Crippen LogP contribution in [-0.4, -0.2) is 47.1 Å². The van der Waals surface area contributed by atoms with Crippen molar-refractivity contribution >= 4 is 16.9 Å². The van der Waals surface area contributed by atoms with E-state index in [1.807, 2.05) is 0 Å². The van der Waals surface area contributed by atoms with Gasteiger partial charge in [0.2, 0.25) is 5.91 Å². The van der Waals surface area contributed by atoms with Crippen LogP contribution in [0.1, 0.15) is 69.4 Å². The summed E-state index contributed by atoms with van der Waals surface area (Å²) in [5, 5.41) is 0. The maximum Gasteiger partial charge on any atom is 0.225 e. The van der Waals surface area contributed by atoms with Gasteiger partial charge in [0.25, 0.3) is 0 Å². The first-order valence-corrected chi connectivity index (χ1v) is 11.5. The fraction of sp³-hybridized carbons (Fsp3) is 0.640. The number of likely N-dealkylation sites (tertiary alicyclic amines) is 1. The monoisotopic (exact) mass is 407 g/mol. The van der Waals surface area contributed by atoms with Gasteiger partial charge in [-0.1, -0.05) is 20.8 Å². The average molecular weight is 408 g/mol. The van der Waals surface area contributed by atoms with Gasteiger partial charge in [0.1, 0.15) is 0 Å². The van der Waals surface area contributed by atoms with E-state index in [9.17, 15) is 4.79 Å². The van der Waals surface area contributed by atoms with Crippen LogP contribution in [0.2, 0.25) is 0 Å². The largest absolute Gasteiger partial charge is 0.381 e. The second-order valence-corrected chi connectivity index (χ2v) is 10.2. The number of benzene rings is 1. The molecule has 3 atom stereocenters. The van der Waals surface area contributed by atoms with Gasteiger partial charge in [0, 0.05) is 44.4 Å². The summed E-state index contributed by atoms with van der Waals surface area (Å²) in [5.74, 6) is 1.73. The van der Waals surface area contributed by atoms with E-state index in [0.29, 0.717) is 29.8 Å². The Morgan fingerprint density at radius 1 is 1.03 bits per heavy atom. The Labute approximate surface area is 179 Å². The van der Waals surface area contributed by atoms with Crippen LogP contribution in [0, 0.1) is 17.3 Å². The summed E-state index contributed by atoms with van der Waals surface area (Å²) in [6.45, 7) is 8.81. The van der Waals surface area contributed by atoms with Crippen molar-refractivity contribution in [2.24, 2.45) is 17.3 Å². The average Bonchev–Trinajstić information content (AvgIpc) is 2.76. The van der Waals surface area contributed by atoms with Gasteiger partial charge >= 0.3 is 0 Å². The molecule has 2 heterocycles. The normalized spacial score (nSPS) is 32.7. The van der Waals surface area contributed by atoms with Gasteiger partial charge in [-0.2, -0.15) is 0 Å². The molecule has 0 N–H and O–H groups in total. The molecule has 5 nitrogen and oxygen atoms in total. The molecule has 3 unspecified atom stereocenters. The number of fused-ring (bicyclic) bond motifs is 5. The lowest BCUT2D eigenvalue weighted by molar-refractivity contribution is -0.143. The predicted molar refractivity (Wildman–Crippen MR) is 117 cm³/mol. The Morgan fingerprint density at radius 3 is 2.30 bits per heavy atom. The summed E-state index contributed by atoms with van der Waals surface area (Å²) in [4.78, 5) is 24.8. The lowest BCUT2D eigenvalue weighted by atomic mass is 9.54. The van der Waals surface area contributed by atoms with E-state index in [1.54, 1.807) is 19.5 Å². The molecule has 5 heteroatoms. The zero-order chi connectivity index (χ0) is 21.0. The van der Waals surface area contributed by atoms with Crippen molar-refractivity contribution in [3.05, 3.63) is 35.7 Å². The van der Waals surface area contributed by atoms with E-state index in [0.717, 1.165) is 49.8 Å². The molecule has 2 aliphatic carbocycles. The summed E-state index contributed by atoms with van der Waals surface area (Å²) >= 11 is 0. The maximum absolute atomic E-state index is 13.5. The van der Waals surface area contributed by atoms with Crippen molar-refractivity contribution < 1.29 is 9.53 Å². The molecule has 30 heavy (non-hydrogen) atoms. The van der Waals surface area contributed by atoms with E-state index in [2.05, 4.69) is 47.8 Å². The summed E-state index contributed by atoms with van der Waals surface area (Å²) in [7, 11) is 1.79. The van der Waals surface area contributed by atoms with Gasteiger partial charge < -0.3 is 9.64 Å². The number of ether oxygens (including phenoxy) is 1. The Bertz CT molecular complexity index is 964. The quantitative estimate of drug-likeness (QED) is 0.734. The predicted octanol–water partition coefficient (Wildman–Crippen LogP) is 4.52. The van der Waals surface area contributed by atoms with Gasteiger partial charge in [-0.15, -0.1) is 0 Å². The molecule has 0 radical (unpaired) electrons. The first-order valence-electron chi connectivity index (χ1n) is 11.5. The number of methoxy groups -OCH3 is 1.